The van der Waals surface area contributed by atoms with Gasteiger partial charge in [0, 0.05) is 8.96 Å². The highest BCUT2D eigenvalue weighted by Gasteiger charge is 2.21. The van der Waals surface area contributed by atoms with Gasteiger partial charge in [0.1, 0.15) is 5.82 Å². The monoisotopic (exact) mass is 549 g/mol. The smallest absolute Gasteiger partial charge is 0.339 e. The number of nitrogens with zero attached hydrogens (tertiary/aromatic N) is 2. The van der Waals surface area contributed by atoms with E-state index in [2.05, 4.69) is 10.4 Å². The van der Waals surface area contributed by atoms with Crippen molar-refractivity contribution in [3.05, 3.63) is 81.3 Å². The van der Waals surface area contributed by atoms with Crippen LogP contribution in [-0.2, 0) is 15.7 Å². The first-order valence-corrected chi connectivity index (χ1v) is 11.4. The molecule has 4 aromatic rings. The molecule has 0 spiro atoms. The molecule has 0 saturated heterocycles. The zero-order valence-electron chi connectivity index (χ0n) is 16.6. The molecular formula is C22H17FIN3O3S. The first kappa shape index (κ1) is 21.4. The van der Waals surface area contributed by atoms with Gasteiger partial charge in [-0.2, -0.15) is 9.19 Å². The molecule has 0 saturated carbocycles. The van der Waals surface area contributed by atoms with Crippen LogP contribution in [0.4, 0.5) is 15.8 Å². The first-order chi connectivity index (χ1) is 14.9. The number of anilines is 2. The van der Waals surface area contributed by atoms with Crippen molar-refractivity contribution in [1.82, 2.24) is 9.19 Å². The number of rotatable bonds is 5. The molecule has 0 aliphatic carbocycles. The van der Waals surface area contributed by atoms with Crippen LogP contribution in [0.25, 0.3) is 10.9 Å². The number of carbonyl (C=O) groups excluding carboxylic acids is 1. The van der Waals surface area contributed by atoms with Gasteiger partial charge in [0.2, 0.25) is 0 Å². The quantitative estimate of drug-likeness (QED) is 0.274. The summed E-state index contributed by atoms with van der Waals surface area (Å²) in [6.45, 7) is 1.95. The Hall–Kier alpha value is -2.79. The molecule has 0 radical (unpaired) electrons. The lowest BCUT2D eigenvalue weighted by Gasteiger charge is -2.13. The normalized spacial score (nSPS) is 12.0. The number of aryl methyl sites for hydroxylation is 1. The Morgan fingerprint density at radius 2 is 1.90 bits per heavy atom. The molecule has 1 aromatic heterocycles. The Bertz CT molecular complexity index is 1320. The predicted octanol–water partition coefficient (Wildman–Crippen LogP) is 5.19. The molecule has 1 N–H and O–H groups in total. The SMILES string of the molecule is COC(=O)c1ccc2c(cnn2S(=O)c2ccc(C)cc2)c1Nc1ccc(I)cc1F. The minimum Gasteiger partial charge on any atom is -0.465 e. The summed E-state index contributed by atoms with van der Waals surface area (Å²) in [6, 6.07) is 15.2. The van der Waals surface area contributed by atoms with Gasteiger partial charge in [-0.1, -0.05) is 17.7 Å². The summed E-state index contributed by atoms with van der Waals surface area (Å²) in [5, 5.41) is 7.80. The molecule has 0 aliphatic rings. The Balaban J connectivity index is 1.85. The molecule has 0 fully saturated rings. The van der Waals surface area contributed by atoms with E-state index in [-0.39, 0.29) is 11.3 Å². The van der Waals surface area contributed by atoms with Crippen molar-refractivity contribution < 1.29 is 18.1 Å². The molecule has 3 aromatic carbocycles. The van der Waals surface area contributed by atoms with Gasteiger partial charge in [-0.15, -0.1) is 0 Å². The second-order valence-corrected chi connectivity index (χ2v) is 9.30. The third-order valence-corrected chi connectivity index (χ3v) is 6.65. The number of carbonyl (C=O) groups is 1. The van der Waals surface area contributed by atoms with Crippen molar-refractivity contribution >= 4 is 61.8 Å². The van der Waals surface area contributed by atoms with Gasteiger partial charge in [0.15, 0.2) is 11.0 Å². The Morgan fingerprint density at radius 3 is 2.58 bits per heavy atom. The third-order valence-electron chi connectivity index (χ3n) is 4.70. The molecule has 0 amide bonds. The fourth-order valence-electron chi connectivity index (χ4n) is 3.11. The number of nitrogens with one attached hydrogen (secondary N) is 1. The average molecular weight is 549 g/mol. The third kappa shape index (κ3) is 4.19. The zero-order chi connectivity index (χ0) is 22.1. The number of aromatic nitrogens is 2. The largest absolute Gasteiger partial charge is 0.465 e. The van der Waals surface area contributed by atoms with E-state index in [0.717, 1.165) is 9.13 Å². The number of halogens is 2. The van der Waals surface area contributed by atoms with E-state index < -0.39 is 22.8 Å². The number of benzene rings is 3. The topological polar surface area (TPSA) is 73.2 Å². The second kappa shape index (κ2) is 8.75. The molecule has 1 heterocycles. The predicted molar refractivity (Wildman–Crippen MR) is 126 cm³/mol. The van der Waals surface area contributed by atoms with Gasteiger partial charge in [-0.05, 0) is 72.0 Å². The van der Waals surface area contributed by atoms with Crippen molar-refractivity contribution in [1.29, 1.82) is 0 Å². The number of hydrogen-bond acceptors (Lipinski definition) is 5. The summed E-state index contributed by atoms with van der Waals surface area (Å²) < 4.78 is 34.6. The van der Waals surface area contributed by atoms with Crippen LogP contribution in [0, 0.1) is 16.3 Å². The van der Waals surface area contributed by atoms with Crippen LogP contribution in [0.1, 0.15) is 15.9 Å². The van der Waals surface area contributed by atoms with E-state index in [1.807, 2.05) is 41.6 Å². The molecule has 0 aliphatic heterocycles. The minimum absolute atomic E-state index is 0.200. The Morgan fingerprint density at radius 1 is 1.16 bits per heavy atom. The van der Waals surface area contributed by atoms with Crippen molar-refractivity contribution in [3.63, 3.8) is 0 Å². The standard InChI is InChI=1S/C22H17FIN3O3S/c1-13-3-6-15(7-4-13)31(29)27-20-10-8-16(22(28)30-2)21(17(20)12-25-27)26-19-9-5-14(24)11-18(19)23/h3-12,26H,1-2H3. The second-order valence-electron chi connectivity index (χ2n) is 6.74. The summed E-state index contributed by atoms with van der Waals surface area (Å²) in [5.74, 6) is -1.04. The minimum atomic E-state index is -1.59. The van der Waals surface area contributed by atoms with Crippen LogP contribution in [0.5, 0.6) is 0 Å². The molecule has 158 valence electrons. The van der Waals surface area contributed by atoms with Gasteiger partial charge in [0.05, 0.1) is 40.7 Å². The van der Waals surface area contributed by atoms with Crippen molar-refractivity contribution in [2.75, 3.05) is 12.4 Å². The molecular weight excluding hydrogens is 532 g/mol. The zero-order valence-corrected chi connectivity index (χ0v) is 19.5. The van der Waals surface area contributed by atoms with E-state index in [0.29, 0.717) is 21.5 Å². The Kier molecular flexibility index (Phi) is 6.05. The summed E-state index contributed by atoms with van der Waals surface area (Å²) >= 11 is 2.02. The van der Waals surface area contributed by atoms with Crippen LogP contribution < -0.4 is 5.32 Å². The van der Waals surface area contributed by atoms with E-state index in [9.17, 15) is 13.4 Å². The fraction of sp³-hybridized carbons (Fsp3) is 0.0909. The summed E-state index contributed by atoms with van der Waals surface area (Å²) in [6.07, 6.45) is 1.50. The van der Waals surface area contributed by atoms with E-state index in [4.69, 9.17) is 4.74 Å². The maximum atomic E-state index is 14.5. The average Bonchev–Trinajstić information content (AvgIpc) is 3.19. The van der Waals surface area contributed by atoms with Gasteiger partial charge in [0.25, 0.3) is 0 Å². The van der Waals surface area contributed by atoms with Gasteiger partial charge < -0.3 is 10.1 Å². The first-order valence-electron chi connectivity index (χ1n) is 9.19. The van der Waals surface area contributed by atoms with Crippen molar-refractivity contribution in [2.45, 2.75) is 11.8 Å². The summed E-state index contributed by atoms with van der Waals surface area (Å²) in [4.78, 5) is 12.9. The van der Waals surface area contributed by atoms with Gasteiger partial charge in [-0.25, -0.2) is 13.4 Å². The molecule has 1 atom stereocenters. The Labute approximate surface area is 194 Å². The molecule has 4 rings (SSSR count). The van der Waals surface area contributed by atoms with Gasteiger partial charge >= 0.3 is 5.97 Å². The lowest BCUT2D eigenvalue weighted by Crippen LogP contribution is -2.09. The molecule has 6 nitrogen and oxygen atoms in total. The highest BCUT2D eigenvalue weighted by Crippen LogP contribution is 2.33. The lowest BCUT2D eigenvalue weighted by atomic mass is 10.1. The van der Waals surface area contributed by atoms with E-state index >= 15 is 0 Å². The highest BCUT2D eigenvalue weighted by atomic mass is 127. The molecule has 1 unspecified atom stereocenters. The lowest BCUT2D eigenvalue weighted by molar-refractivity contribution is 0.0602. The number of methoxy groups -OCH3 is 1. The molecule has 9 heteroatoms. The summed E-state index contributed by atoms with van der Waals surface area (Å²) in [7, 11) is -0.318. The number of fused-ring (bicyclic) bond motifs is 1. The molecule has 31 heavy (non-hydrogen) atoms. The number of hydrogen-bond donors (Lipinski definition) is 1. The van der Waals surface area contributed by atoms with E-state index in [1.54, 1.807) is 36.4 Å². The fourth-order valence-corrected chi connectivity index (χ4v) is 4.60. The number of esters is 1. The number of ether oxygens (including phenoxy) is 1. The van der Waals surface area contributed by atoms with Crippen LogP contribution in [0.3, 0.4) is 0 Å². The molecule has 0 bridgehead atoms. The summed E-state index contributed by atoms with van der Waals surface area (Å²) in [5.41, 5.74) is 2.33. The van der Waals surface area contributed by atoms with Crippen LogP contribution >= 0.6 is 22.6 Å². The van der Waals surface area contributed by atoms with Crippen molar-refractivity contribution in [3.8, 4) is 0 Å². The van der Waals surface area contributed by atoms with Gasteiger partial charge in [-0.3, -0.25) is 0 Å². The van der Waals surface area contributed by atoms with Crippen LogP contribution in [-0.4, -0.2) is 26.5 Å². The maximum Gasteiger partial charge on any atom is 0.339 e. The van der Waals surface area contributed by atoms with Crippen LogP contribution in [0.15, 0.2) is 65.7 Å². The maximum absolute atomic E-state index is 14.5. The van der Waals surface area contributed by atoms with Crippen molar-refractivity contribution in [2.24, 2.45) is 0 Å². The highest BCUT2D eigenvalue weighted by molar-refractivity contribution is 14.1. The van der Waals surface area contributed by atoms with Crippen LogP contribution in [0.2, 0.25) is 0 Å². The van der Waals surface area contributed by atoms with E-state index in [1.165, 1.54) is 23.5 Å².